The summed E-state index contributed by atoms with van der Waals surface area (Å²) < 4.78 is 4.69. The molecule has 0 saturated heterocycles. The number of nitrogens with one attached hydrogen (secondary N) is 1. The minimum absolute atomic E-state index is 0.117. The Labute approximate surface area is 94.6 Å². The average Bonchev–Trinajstić information content (AvgIpc) is 2.29. The maximum absolute atomic E-state index is 11.5. The Balaban J connectivity index is 2.91. The summed E-state index contributed by atoms with van der Waals surface area (Å²) in [6.45, 7) is 4.05. The van der Waals surface area contributed by atoms with Crippen molar-refractivity contribution < 1.29 is 14.6 Å². The van der Waals surface area contributed by atoms with E-state index in [1.54, 1.807) is 24.3 Å². The molecule has 0 heterocycles. The third-order valence-corrected chi connectivity index (χ3v) is 2.11. The molecule has 0 amide bonds. The molecule has 4 heteroatoms. The molecule has 0 aliphatic carbocycles. The molecule has 0 aliphatic heterocycles. The van der Waals surface area contributed by atoms with Crippen LogP contribution < -0.4 is 5.32 Å². The highest BCUT2D eigenvalue weighted by molar-refractivity contribution is 5.77. The largest absolute Gasteiger partial charge is 0.508 e. The van der Waals surface area contributed by atoms with Crippen molar-refractivity contribution >= 4 is 5.97 Å². The van der Waals surface area contributed by atoms with Crippen LogP contribution in [0.25, 0.3) is 0 Å². The zero-order chi connectivity index (χ0) is 12.0. The minimum atomic E-state index is -0.588. The summed E-state index contributed by atoms with van der Waals surface area (Å²) in [6.07, 6.45) is 1.65. The Morgan fingerprint density at radius 3 is 3.00 bits per heavy atom. The van der Waals surface area contributed by atoms with Crippen molar-refractivity contribution in [2.45, 2.75) is 6.04 Å². The van der Waals surface area contributed by atoms with Gasteiger partial charge in [-0.3, -0.25) is 5.32 Å². The van der Waals surface area contributed by atoms with E-state index < -0.39 is 12.0 Å². The summed E-state index contributed by atoms with van der Waals surface area (Å²) >= 11 is 0. The van der Waals surface area contributed by atoms with Gasteiger partial charge in [-0.1, -0.05) is 18.2 Å². The van der Waals surface area contributed by atoms with Crippen LogP contribution in [0.4, 0.5) is 0 Å². The van der Waals surface area contributed by atoms with Gasteiger partial charge in [-0.15, -0.1) is 6.58 Å². The fraction of sp³-hybridized carbons (Fsp3) is 0.250. The van der Waals surface area contributed by atoms with E-state index in [1.807, 2.05) is 0 Å². The van der Waals surface area contributed by atoms with Gasteiger partial charge in [0, 0.05) is 6.54 Å². The van der Waals surface area contributed by atoms with E-state index >= 15 is 0 Å². The maximum Gasteiger partial charge on any atom is 0.327 e. The Hall–Kier alpha value is -1.81. The second-order valence-corrected chi connectivity index (χ2v) is 3.25. The van der Waals surface area contributed by atoms with E-state index in [4.69, 9.17) is 0 Å². The van der Waals surface area contributed by atoms with Crippen LogP contribution in [-0.4, -0.2) is 24.7 Å². The van der Waals surface area contributed by atoms with Gasteiger partial charge in [0.05, 0.1) is 7.11 Å². The molecule has 0 bridgehead atoms. The molecule has 0 spiro atoms. The summed E-state index contributed by atoms with van der Waals surface area (Å²) in [7, 11) is 1.33. The number of benzene rings is 1. The Kier molecular flexibility index (Phi) is 4.54. The zero-order valence-corrected chi connectivity index (χ0v) is 9.14. The molecule has 4 nitrogen and oxygen atoms in total. The van der Waals surface area contributed by atoms with Crippen molar-refractivity contribution in [2.75, 3.05) is 13.7 Å². The lowest BCUT2D eigenvalue weighted by atomic mass is 10.1. The van der Waals surface area contributed by atoms with Gasteiger partial charge in [0.25, 0.3) is 0 Å². The van der Waals surface area contributed by atoms with E-state index in [0.717, 1.165) is 0 Å². The molecule has 0 aromatic heterocycles. The quantitative estimate of drug-likeness (QED) is 0.582. The van der Waals surface area contributed by atoms with Crippen LogP contribution in [0.1, 0.15) is 11.6 Å². The van der Waals surface area contributed by atoms with Gasteiger partial charge in [-0.25, -0.2) is 4.79 Å². The lowest BCUT2D eigenvalue weighted by Gasteiger charge is -2.15. The van der Waals surface area contributed by atoms with Gasteiger partial charge in [-0.05, 0) is 17.7 Å². The van der Waals surface area contributed by atoms with Gasteiger partial charge >= 0.3 is 5.97 Å². The molecule has 1 atom stereocenters. The molecule has 86 valence electrons. The van der Waals surface area contributed by atoms with Crippen molar-refractivity contribution in [2.24, 2.45) is 0 Å². The van der Waals surface area contributed by atoms with Crippen molar-refractivity contribution in [3.63, 3.8) is 0 Å². The first-order valence-corrected chi connectivity index (χ1v) is 4.90. The van der Waals surface area contributed by atoms with Gasteiger partial charge in [-0.2, -0.15) is 0 Å². The smallest absolute Gasteiger partial charge is 0.327 e. The predicted molar refractivity (Wildman–Crippen MR) is 61.1 cm³/mol. The van der Waals surface area contributed by atoms with Crippen molar-refractivity contribution in [3.8, 4) is 5.75 Å². The minimum Gasteiger partial charge on any atom is -0.508 e. The number of hydrogen-bond acceptors (Lipinski definition) is 4. The molecule has 0 fully saturated rings. The van der Waals surface area contributed by atoms with Crippen LogP contribution in [0.2, 0.25) is 0 Å². The van der Waals surface area contributed by atoms with Crippen LogP contribution in [0.15, 0.2) is 36.9 Å². The van der Waals surface area contributed by atoms with E-state index in [1.165, 1.54) is 13.2 Å². The van der Waals surface area contributed by atoms with Crippen LogP contribution in [0.3, 0.4) is 0 Å². The summed E-state index contributed by atoms with van der Waals surface area (Å²) in [6, 6.07) is 5.91. The first kappa shape index (κ1) is 12.3. The van der Waals surface area contributed by atoms with Crippen LogP contribution in [-0.2, 0) is 9.53 Å². The lowest BCUT2D eigenvalue weighted by Crippen LogP contribution is -2.29. The number of ether oxygens (including phenoxy) is 1. The summed E-state index contributed by atoms with van der Waals surface area (Å²) in [5.74, 6) is -0.278. The highest BCUT2D eigenvalue weighted by atomic mass is 16.5. The fourth-order valence-electron chi connectivity index (χ4n) is 1.36. The SMILES string of the molecule is C=CCNC(C(=O)OC)c1cccc(O)c1. The van der Waals surface area contributed by atoms with E-state index in [9.17, 15) is 9.90 Å². The monoisotopic (exact) mass is 221 g/mol. The second kappa shape index (κ2) is 5.92. The van der Waals surface area contributed by atoms with E-state index in [2.05, 4.69) is 16.6 Å². The average molecular weight is 221 g/mol. The lowest BCUT2D eigenvalue weighted by molar-refractivity contribution is -0.143. The van der Waals surface area contributed by atoms with Gasteiger partial charge in [0.1, 0.15) is 11.8 Å². The third-order valence-electron chi connectivity index (χ3n) is 2.11. The molecule has 1 rings (SSSR count). The first-order chi connectivity index (χ1) is 7.69. The van der Waals surface area contributed by atoms with Crippen LogP contribution in [0.5, 0.6) is 5.75 Å². The standard InChI is InChI=1S/C12H15NO3/c1-3-7-13-11(12(15)16-2)9-5-4-6-10(14)8-9/h3-6,8,11,13-14H,1,7H2,2H3. The molecule has 1 unspecified atom stereocenters. The fourth-order valence-corrected chi connectivity index (χ4v) is 1.36. The highest BCUT2D eigenvalue weighted by Gasteiger charge is 2.20. The molecule has 0 aliphatic rings. The van der Waals surface area contributed by atoms with Crippen LogP contribution in [0, 0.1) is 0 Å². The molecule has 2 N–H and O–H groups in total. The number of rotatable bonds is 5. The van der Waals surface area contributed by atoms with Crippen molar-refractivity contribution in [3.05, 3.63) is 42.5 Å². The molecule has 1 aromatic carbocycles. The molecule has 16 heavy (non-hydrogen) atoms. The maximum atomic E-state index is 11.5. The molecule has 0 saturated carbocycles. The number of phenolic OH excluding ortho intramolecular Hbond substituents is 1. The van der Waals surface area contributed by atoms with Crippen LogP contribution >= 0.6 is 0 Å². The highest BCUT2D eigenvalue weighted by Crippen LogP contribution is 2.19. The first-order valence-electron chi connectivity index (χ1n) is 4.90. The Morgan fingerprint density at radius 1 is 1.69 bits per heavy atom. The number of carbonyl (C=O) groups excluding carboxylic acids is 1. The zero-order valence-electron chi connectivity index (χ0n) is 9.14. The summed E-state index contributed by atoms with van der Waals surface area (Å²) in [4.78, 5) is 11.5. The van der Waals surface area contributed by atoms with Crippen molar-refractivity contribution in [1.82, 2.24) is 5.32 Å². The second-order valence-electron chi connectivity index (χ2n) is 3.25. The van der Waals surface area contributed by atoms with Gasteiger partial charge in [0.2, 0.25) is 0 Å². The van der Waals surface area contributed by atoms with Gasteiger partial charge in [0.15, 0.2) is 0 Å². The number of esters is 1. The van der Waals surface area contributed by atoms with Crippen molar-refractivity contribution in [1.29, 1.82) is 0 Å². The van der Waals surface area contributed by atoms with E-state index in [0.29, 0.717) is 12.1 Å². The summed E-state index contributed by atoms with van der Waals surface area (Å²) in [5.41, 5.74) is 0.661. The number of carbonyl (C=O) groups is 1. The Morgan fingerprint density at radius 2 is 2.44 bits per heavy atom. The topological polar surface area (TPSA) is 58.6 Å². The van der Waals surface area contributed by atoms with E-state index in [-0.39, 0.29) is 5.75 Å². The molecular weight excluding hydrogens is 206 g/mol. The van der Waals surface area contributed by atoms with Gasteiger partial charge < -0.3 is 9.84 Å². The number of phenols is 1. The number of aromatic hydroxyl groups is 1. The number of hydrogen-bond donors (Lipinski definition) is 2. The predicted octanol–water partition coefficient (Wildman–Crippen LogP) is 1.38. The number of methoxy groups -OCH3 is 1. The normalized spacial score (nSPS) is 11.8. The third kappa shape index (κ3) is 3.10. The summed E-state index contributed by atoms with van der Waals surface area (Å²) in [5, 5.41) is 12.3. The molecule has 1 aromatic rings. The Bertz CT molecular complexity index is 376. The molecule has 0 radical (unpaired) electrons. The molecular formula is C12H15NO3.